The molecule has 8 aromatic carbocycles. The number of nitrogens with zero attached hydrogens (tertiary/aromatic N) is 1. The smallest absolute Gasteiger partial charge is 0.0547 e. The van der Waals surface area contributed by atoms with Crippen LogP contribution in [0.3, 0.4) is 0 Å². The van der Waals surface area contributed by atoms with Gasteiger partial charge in [0.05, 0.1) is 11.0 Å². The van der Waals surface area contributed by atoms with Gasteiger partial charge in [0.15, 0.2) is 0 Å². The third kappa shape index (κ3) is 3.93. The van der Waals surface area contributed by atoms with Crippen LogP contribution in [0.2, 0.25) is 0 Å². The first-order chi connectivity index (χ1) is 27.3. The fourth-order valence-corrected chi connectivity index (χ4v) is 13.1. The standard InChI is InChI=1S/C54H41N/c1-2-13-38(14-3-1)55-49-24-11-9-15-39(49)40-26-25-35(32-50(40)55)51-41-16-4-6-18-43(41)52(44-19-7-5-17-42(44)51)46-21-12-23-48-53(46)45-20-8-10-22-47(45)54(48)36-28-33-27-34(30-36)31-37(54)29-33/h1-26,32-34,36-37H,27-31H2. The molecule has 1 spiro atoms. The van der Waals surface area contributed by atoms with Gasteiger partial charge in [0.1, 0.15) is 0 Å². The van der Waals surface area contributed by atoms with E-state index in [0.29, 0.717) is 0 Å². The van der Waals surface area contributed by atoms with Crippen molar-refractivity contribution in [3.8, 4) is 39.1 Å². The minimum atomic E-state index is 0.146. The van der Waals surface area contributed by atoms with Crippen molar-refractivity contribution >= 4 is 43.4 Å². The molecule has 55 heavy (non-hydrogen) atoms. The largest absolute Gasteiger partial charge is 0.309 e. The molecule has 262 valence electrons. The number of hydrogen-bond acceptors (Lipinski definition) is 0. The molecular formula is C54H41N. The Morgan fingerprint density at radius 3 is 1.64 bits per heavy atom. The second kappa shape index (κ2) is 11.1. The predicted molar refractivity (Wildman–Crippen MR) is 230 cm³/mol. The quantitative estimate of drug-likeness (QED) is 0.161. The van der Waals surface area contributed by atoms with Gasteiger partial charge in [-0.3, -0.25) is 0 Å². The van der Waals surface area contributed by atoms with Crippen molar-refractivity contribution in [1.29, 1.82) is 0 Å². The van der Waals surface area contributed by atoms with Gasteiger partial charge in [-0.2, -0.15) is 0 Å². The van der Waals surface area contributed by atoms with E-state index < -0.39 is 0 Å². The van der Waals surface area contributed by atoms with Gasteiger partial charge in [0.2, 0.25) is 0 Å². The average molecular weight is 704 g/mol. The topological polar surface area (TPSA) is 4.93 Å². The molecule has 4 saturated carbocycles. The molecule has 1 heteroatoms. The van der Waals surface area contributed by atoms with Crippen molar-refractivity contribution in [2.75, 3.05) is 0 Å². The van der Waals surface area contributed by atoms with Crippen LogP contribution in [0.25, 0.3) is 82.4 Å². The summed E-state index contributed by atoms with van der Waals surface area (Å²) in [5, 5.41) is 7.85. The van der Waals surface area contributed by atoms with Crippen LogP contribution in [0.1, 0.15) is 43.2 Å². The molecule has 0 radical (unpaired) electrons. The van der Waals surface area contributed by atoms with Gasteiger partial charge in [0.25, 0.3) is 0 Å². The Bertz CT molecular complexity index is 2970. The summed E-state index contributed by atoms with van der Waals surface area (Å²) in [5.74, 6) is 3.36. The van der Waals surface area contributed by atoms with Gasteiger partial charge >= 0.3 is 0 Å². The zero-order valence-corrected chi connectivity index (χ0v) is 30.9. The SMILES string of the molecule is c1ccc(-n2c3ccccc3c3ccc(-c4c5ccccc5c(-c5cccc6c5-c5ccccc5C65C6CC7CC(C6)CC5C7)c5ccccc45)cc32)cc1. The third-order valence-electron chi connectivity index (χ3n) is 14.8. The van der Waals surface area contributed by atoms with E-state index in [1.807, 2.05) is 0 Å². The lowest BCUT2D eigenvalue weighted by Gasteiger charge is -2.61. The molecule has 4 bridgehead atoms. The predicted octanol–water partition coefficient (Wildman–Crippen LogP) is 14.1. The number of benzene rings is 8. The lowest BCUT2D eigenvalue weighted by atomic mass is 9.43. The maximum atomic E-state index is 2.54. The Morgan fingerprint density at radius 2 is 0.927 bits per heavy atom. The summed E-state index contributed by atoms with van der Waals surface area (Å²) >= 11 is 0. The van der Waals surface area contributed by atoms with Gasteiger partial charge in [-0.25, -0.2) is 0 Å². The Morgan fingerprint density at radius 1 is 0.382 bits per heavy atom. The highest BCUT2D eigenvalue weighted by atomic mass is 15.0. The van der Waals surface area contributed by atoms with Gasteiger partial charge < -0.3 is 4.57 Å². The van der Waals surface area contributed by atoms with E-state index >= 15 is 0 Å². The van der Waals surface area contributed by atoms with E-state index in [1.54, 1.807) is 11.1 Å². The Balaban J connectivity index is 1.09. The van der Waals surface area contributed by atoms with Crippen LogP contribution in [0, 0.1) is 23.7 Å². The summed E-state index contributed by atoms with van der Waals surface area (Å²) < 4.78 is 2.44. The van der Waals surface area contributed by atoms with Crippen LogP contribution in [0.4, 0.5) is 0 Å². The Kier molecular flexibility index (Phi) is 6.13. The Labute approximate surface area is 321 Å². The van der Waals surface area contributed by atoms with Gasteiger partial charge in [-0.05, 0) is 146 Å². The molecule has 0 N–H and O–H groups in total. The maximum absolute atomic E-state index is 2.54. The molecule has 14 rings (SSSR count). The zero-order valence-electron chi connectivity index (χ0n) is 30.9. The van der Waals surface area contributed by atoms with Crippen molar-refractivity contribution in [3.63, 3.8) is 0 Å². The number of aromatic nitrogens is 1. The number of rotatable bonds is 3. The van der Waals surface area contributed by atoms with Crippen molar-refractivity contribution in [3.05, 3.63) is 175 Å². The van der Waals surface area contributed by atoms with E-state index in [4.69, 9.17) is 0 Å². The van der Waals surface area contributed by atoms with Gasteiger partial charge in [-0.1, -0.05) is 140 Å². The monoisotopic (exact) mass is 703 g/mol. The second-order valence-corrected chi connectivity index (χ2v) is 17.2. The summed E-state index contributed by atoms with van der Waals surface area (Å²) in [6.45, 7) is 0. The van der Waals surface area contributed by atoms with Crippen molar-refractivity contribution in [1.82, 2.24) is 4.57 Å². The first kappa shape index (κ1) is 30.4. The fourth-order valence-electron chi connectivity index (χ4n) is 13.1. The highest BCUT2D eigenvalue weighted by Crippen LogP contribution is 2.70. The molecule has 5 aliphatic rings. The van der Waals surface area contributed by atoms with E-state index in [0.717, 1.165) is 23.7 Å². The summed E-state index contributed by atoms with van der Waals surface area (Å²) in [6, 6.07) is 62.3. The average Bonchev–Trinajstić information content (AvgIpc) is 3.72. The fraction of sp³-hybridized carbons (Fsp3) is 0.185. The number of para-hydroxylation sites is 2. The van der Waals surface area contributed by atoms with Crippen LogP contribution in [0.15, 0.2) is 164 Å². The minimum absolute atomic E-state index is 0.146. The van der Waals surface area contributed by atoms with Crippen molar-refractivity contribution in [2.45, 2.75) is 37.5 Å². The Hall–Kier alpha value is -5.92. The van der Waals surface area contributed by atoms with E-state index in [9.17, 15) is 0 Å². The van der Waals surface area contributed by atoms with Crippen LogP contribution in [-0.2, 0) is 5.41 Å². The van der Waals surface area contributed by atoms with Crippen LogP contribution < -0.4 is 0 Å². The molecule has 0 saturated heterocycles. The molecule has 0 unspecified atom stereocenters. The molecule has 0 atom stereocenters. The molecule has 1 heterocycles. The first-order valence-corrected chi connectivity index (χ1v) is 20.5. The lowest BCUT2D eigenvalue weighted by molar-refractivity contribution is -0.0399. The summed E-state index contributed by atoms with van der Waals surface area (Å²) in [6.07, 6.45) is 7.08. The van der Waals surface area contributed by atoms with E-state index in [-0.39, 0.29) is 5.41 Å². The lowest BCUT2D eigenvalue weighted by Crippen LogP contribution is -2.55. The highest BCUT2D eigenvalue weighted by molar-refractivity contribution is 6.23. The molecule has 1 aromatic heterocycles. The highest BCUT2D eigenvalue weighted by Gasteiger charge is 2.61. The molecule has 0 amide bonds. The van der Waals surface area contributed by atoms with Crippen molar-refractivity contribution in [2.24, 2.45) is 23.7 Å². The number of hydrogen-bond donors (Lipinski definition) is 0. The summed E-state index contributed by atoms with van der Waals surface area (Å²) in [5.41, 5.74) is 15.4. The van der Waals surface area contributed by atoms with Crippen molar-refractivity contribution < 1.29 is 0 Å². The van der Waals surface area contributed by atoms with Gasteiger partial charge in [-0.15, -0.1) is 0 Å². The van der Waals surface area contributed by atoms with E-state index in [1.165, 1.54) is 115 Å². The van der Waals surface area contributed by atoms with Gasteiger partial charge in [0, 0.05) is 21.9 Å². The van der Waals surface area contributed by atoms with E-state index in [2.05, 4.69) is 168 Å². The molecular weight excluding hydrogens is 663 g/mol. The number of fused-ring (bicyclic) bond motifs is 8. The zero-order chi connectivity index (χ0) is 35.8. The molecule has 5 aliphatic carbocycles. The summed E-state index contributed by atoms with van der Waals surface area (Å²) in [7, 11) is 0. The third-order valence-corrected chi connectivity index (χ3v) is 14.8. The summed E-state index contributed by atoms with van der Waals surface area (Å²) in [4.78, 5) is 0. The molecule has 4 fully saturated rings. The van der Waals surface area contributed by atoms with Crippen LogP contribution >= 0.6 is 0 Å². The van der Waals surface area contributed by atoms with Crippen LogP contribution in [-0.4, -0.2) is 4.57 Å². The molecule has 9 aromatic rings. The normalized spacial score (nSPS) is 23.3. The van der Waals surface area contributed by atoms with Crippen LogP contribution in [0.5, 0.6) is 0 Å². The maximum Gasteiger partial charge on any atom is 0.0547 e. The molecule has 0 aliphatic heterocycles. The second-order valence-electron chi connectivity index (χ2n) is 17.2. The molecule has 1 nitrogen and oxygen atoms in total. The first-order valence-electron chi connectivity index (χ1n) is 20.5. The minimum Gasteiger partial charge on any atom is -0.309 e.